The normalized spacial score (nSPS) is 10.3. The number of halogens is 1. The van der Waals surface area contributed by atoms with E-state index in [1.54, 1.807) is 6.07 Å². The molecule has 0 fully saturated rings. The van der Waals surface area contributed by atoms with Gasteiger partial charge in [0.1, 0.15) is 5.69 Å². The third-order valence-corrected chi connectivity index (χ3v) is 3.48. The van der Waals surface area contributed by atoms with Crippen molar-refractivity contribution in [1.29, 1.82) is 0 Å². The topological polar surface area (TPSA) is 66.9 Å². The zero-order valence-electron chi connectivity index (χ0n) is 12.7. The molecule has 0 aliphatic heterocycles. The lowest BCUT2D eigenvalue weighted by molar-refractivity contribution is 0.102. The fraction of sp³-hybridized carbons (Fsp3) is 0.312. The van der Waals surface area contributed by atoms with Crippen LogP contribution in [0, 0.1) is 6.92 Å². The summed E-state index contributed by atoms with van der Waals surface area (Å²) in [5.74, 6) is 0.245. The van der Waals surface area contributed by atoms with Gasteiger partial charge in [-0.25, -0.2) is 9.97 Å². The van der Waals surface area contributed by atoms with Gasteiger partial charge in [-0.05, 0) is 37.6 Å². The highest BCUT2D eigenvalue weighted by atomic mass is 79.9. The second-order valence-electron chi connectivity index (χ2n) is 4.96. The molecule has 1 amide bonds. The third-order valence-electron chi connectivity index (χ3n) is 2.98. The maximum Gasteiger partial charge on any atom is 0.274 e. The summed E-state index contributed by atoms with van der Waals surface area (Å²) in [6.45, 7) is 4.77. The van der Waals surface area contributed by atoms with Gasteiger partial charge in [0.05, 0.1) is 0 Å². The number of hydrogen-bond donors (Lipinski definition) is 2. The average molecular weight is 363 g/mol. The fourth-order valence-electron chi connectivity index (χ4n) is 1.90. The molecule has 22 heavy (non-hydrogen) atoms. The molecule has 0 saturated heterocycles. The lowest BCUT2D eigenvalue weighted by atomic mass is 10.3. The summed E-state index contributed by atoms with van der Waals surface area (Å²) in [5, 5.41) is 5.98. The Morgan fingerprint density at radius 2 is 2.09 bits per heavy atom. The number of aryl methyl sites for hydroxylation is 1. The van der Waals surface area contributed by atoms with Crippen LogP contribution < -0.4 is 10.6 Å². The monoisotopic (exact) mass is 362 g/mol. The molecule has 0 bridgehead atoms. The molecule has 1 aromatic heterocycles. The molecule has 116 valence electrons. The minimum absolute atomic E-state index is 0.248. The largest absolute Gasteiger partial charge is 0.354 e. The number of rotatable bonds is 6. The first-order valence-corrected chi connectivity index (χ1v) is 8.04. The van der Waals surface area contributed by atoms with Crippen LogP contribution in [0.2, 0.25) is 0 Å². The van der Waals surface area contributed by atoms with Crippen molar-refractivity contribution in [2.24, 2.45) is 0 Å². The summed E-state index contributed by atoms with van der Waals surface area (Å²) in [5.41, 5.74) is 1.83. The summed E-state index contributed by atoms with van der Waals surface area (Å²) in [6, 6.07) is 9.12. The van der Waals surface area contributed by atoms with Crippen LogP contribution in [0.25, 0.3) is 0 Å². The first-order chi connectivity index (χ1) is 10.6. The highest BCUT2D eigenvalue weighted by molar-refractivity contribution is 9.10. The van der Waals surface area contributed by atoms with Gasteiger partial charge in [0, 0.05) is 22.4 Å². The van der Waals surface area contributed by atoms with E-state index < -0.39 is 0 Å². The van der Waals surface area contributed by atoms with Crippen LogP contribution >= 0.6 is 15.9 Å². The Balaban J connectivity index is 2.11. The van der Waals surface area contributed by atoms with Gasteiger partial charge in [-0.15, -0.1) is 0 Å². The number of hydrogen-bond acceptors (Lipinski definition) is 4. The van der Waals surface area contributed by atoms with Gasteiger partial charge in [-0.3, -0.25) is 4.79 Å². The third kappa shape index (κ3) is 4.80. The van der Waals surface area contributed by atoms with E-state index in [1.165, 1.54) is 0 Å². The van der Waals surface area contributed by atoms with Crippen molar-refractivity contribution in [2.75, 3.05) is 17.2 Å². The highest BCUT2D eigenvalue weighted by Gasteiger charge is 2.11. The number of benzene rings is 1. The number of aromatic nitrogens is 2. The van der Waals surface area contributed by atoms with E-state index in [2.05, 4.69) is 43.5 Å². The molecule has 0 aliphatic carbocycles. The number of anilines is 2. The molecule has 0 aliphatic rings. The predicted molar refractivity (Wildman–Crippen MR) is 92.3 cm³/mol. The SMILES string of the molecule is CCCCNc1nc(C)cc(C(=O)Nc2cccc(Br)c2)n1. The number of amides is 1. The zero-order valence-corrected chi connectivity index (χ0v) is 14.3. The maximum absolute atomic E-state index is 12.3. The Labute approximate surface area is 138 Å². The standard InChI is InChI=1S/C16H19BrN4O/c1-3-4-8-18-16-19-11(2)9-14(21-16)15(22)20-13-7-5-6-12(17)10-13/h5-7,9-10H,3-4,8H2,1-2H3,(H,20,22)(H,18,19,21). The molecular weight excluding hydrogens is 344 g/mol. The summed E-state index contributed by atoms with van der Waals surface area (Å²) in [7, 11) is 0. The van der Waals surface area contributed by atoms with Crippen LogP contribution in [0.5, 0.6) is 0 Å². The van der Waals surface area contributed by atoms with Gasteiger partial charge in [-0.2, -0.15) is 0 Å². The molecule has 6 heteroatoms. The number of carbonyl (C=O) groups is 1. The van der Waals surface area contributed by atoms with Crippen LogP contribution in [-0.2, 0) is 0 Å². The Hall–Kier alpha value is -1.95. The van der Waals surface area contributed by atoms with E-state index in [1.807, 2.05) is 31.2 Å². The van der Waals surface area contributed by atoms with E-state index in [4.69, 9.17) is 0 Å². The molecule has 2 rings (SSSR count). The van der Waals surface area contributed by atoms with Crippen molar-refractivity contribution < 1.29 is 4.79 Å². The van der Waals surface area contributed by atoms with Crippen LogP contribution in [0.3, 0.4) is 0 Å². The first-order valence-electron chi connectivity index (χ1n) is 7.25. The lowest BCUT2D eigenvalue weighted by Gasteiger charge is -2.09. The number of unbranched alkanes of at least 4 members (excludes halogenated alkanes) is 1. The molecule has 0 radical (unpaired) electrons. The summed E-state index contributed by atoms with van der Waals surface area (Å²) in [6.07, 6.45) is 2.13. The number of carbonyl (C=O) groups excluding carboxylic acids is 1. The van der Waals surface area contributed by atoms with Crippen molar-refractivity contribution in [1.82, 2.24) is 9.97 Å². The number of nitrogens with one attached hydrogen (secondary N) is 2. The first kappa shape index (κ1) is 16.4. The maximum atomic E-state index is 12.3. The van der Waals surface area contributed by atoms with E-state index in [-0.39, 0.29) is 5.91 Å². The Morgan fingerprint density at radius 3 is 2.82 bits per heavy atom. The number of nitrogens with zero attached hydrogens (tertiary/aromatic N) is 2. The van der Waals surface area contributed by atoms with Gasteiger partial charge in [0.25, 0.3) is 5.91 Å². The zero-order chi connectivity index (χ0) is 15.9. The Bertz CT molecular complexity index is 660. The van der Waals surface area contributed by atoms with Crippen LogP contribution in [-0.4, -0.2) is 22.4 Å². The molecule has 0 atom stereocenters. The lowest BCUT2D eigenvalue weighted by Crippen LogP contribution is -2.16. The van der Waals surface area contributed by atoms with Gasteiger partial charge >= 0.3 is 0 Å². The average Bonchev–Trinajstić information content (AvgIpc) is 2.47. The minimum Gasteiger partial charge on any atom is -0.354 e. The van der Waals surface area contributed by atoms with Crippen molar-refractivity contribution in [3.63, 3.8) is 0 Å². The molecular formula is C16H19BrN4O. The summed E-state index contributed by atoms with van der Waals surface area (Å²) >= 11 is 3.38. The van der Waals surface area contributed by atoms with Crippen molar-refractivity contribution in [3.8, 4) is 0 Å². The van der Waals surface area contributed by atoms with Crippen molar-refractivity contribution >= 4 is 33.5 Å². The molecule has 1 aromatic carbocycles. The van der Waals surface area contributed by atoms with Crippen molar-refractivity contribution in [2.45, 2.75) is 26.7 Å². The van der Waals surface area contributed by atoms with Gasteiger partial charge in [-0.1, -0.05) is 35.3 Å². The van der Waals surface area contributed by atoms with Gasteiger partial charge in [0.15, 0.2) is 0 Å². The van der Waals surface area contributed by atoms with Crippen LogP contribution in [0.15, 0.2) is 34.8 Å². The van der Waals surface area contributed by atoms with Gasteiger partial charge in [0.2, 0.25) is 5.95 Å². The molecule has 2 aromatic rings. The highest BCUT2D eigenvalue weighted by Crippen LogP contribution is 2.16. The van der Waals surface area contributed by atoms with Crippen LogP contribution in [0.1, 0.15) is 35.9 Å². The molecule has 1 heterocycles. The fourth-order valence-corrected chi connectivity index (χ4v) is 2.30. The minimum atomic E-state index is -0.248. The predicted octanol–water partition coefficient (Wildman–Crippen LogP) is 4.01. The van der Waals surface area contributed by atoms with Crippen molar-refractivity contribution in [3.05, 3.63) is 46.2 Å². The quantitative estimate of drug-likeness (QED) is 0.761. The summed E-state index contributed by atoms with van der Waals surface area (Å²) in [4.78, 5) is 20.9. The molecule has 0 spiro atoms. The van der Waals surface area contributed by atoms with E-state index >= 15 is 0 Å². The second-order valence-corrected chi connectivity index (χ2v) is 5.88. The second kappa shape index (κ2) is 7.89. The van der Waals surface area contributed by atoms with Gasteiger partial charge < -0.3 is 10.6 Å². The van der Waals surface area contributed by atoms with E-state index in [0.717, 1.165) is 35.2 Å². The Kier molecular flexibility index (Phi) is 5.89. The Morgan fingerprint density at radius 1 is 1.27 bits per heavy atom. The van der Waals surface area contributed by atoms with E-state index in [0.29, 0.717) is 11.6 Å². The summed E-state index contributed by atoms with van der Waals surface area (Å²) < 4.78 is 0.908. The van der Waals surface area contributed by atoms with E-state index in [9.17, 15) is 4.79 Å². The molecule has 2 N–H and O–H groups in total. The van der Waals surface area contributed by atoms with Crippen LogP contribution in [0.4, 0.5) is 11.6 Å². The molecule has 5 nitrogen and oxygen atoms in total. The molecule has 0 unspecified atom stereocenters. The molecule has 0 saturated carbocycles. The smallest absolute Gasteiger partial charge is 0.274 e.